The standard InChI is InChI=1S/C16H12ClNO2S2/c1-22(19,20)14-8-4-11(5-9-14)15-10-21-16(18-15)12-2-6-13(17)7-3-12/h2-10H,1H3. The maximum Gasteiger partial charge on any atom is 0.175 e. The van der Waals surface area contributed by atoms with E-state index >= 15 is 0 Å². The summed E-state index contributed by atoms with van der Waals surface area (Å²) in [6.07, 6.45) is 1.20. The van der Waals surface area contributed by atoms with E-state index in [4.69, 9.17) is 11.6 Å². The van der Waals surface area contributed by atoms with E-state index in [0.717, 1.165) is 21.8 Å². The van der Waals surface area contributed by atoms with Gasteiger partial charge in [-0.15, -0.1) is 11.3 Å². The van der Waals surface area contributed by atoms with Gasteiger partial charge < -0.3 is 0 Å². The number of rotatable bonds is 3. The maximum atomic E-state index is 11.5. The SMILES string of the molecule is CS(=O)(=O)c1ccc(-c2csc(-c3ccc(Cl)cc3)n2)cc1. The van der Waals surface area contributed by atoms with E-state index in [1.807, 2.05) is 29.6 Å². The van der Waals surface area contributed by atoms with Crippen molar-refractivity contribution in [3.05, 3.63) is 58.9 Å². The summed E-state index contributed by atoms with van der Waals surface area (Å²) in [6, 6.07) is 14.3. The van der Waals surface area contributed by atoms with Crippen LogP contribution in [0.3, 0.4) is 0 Å². The zero-order valence-electron chi connectivity index (χ0n) is 11.7. The largest absolute Gasteiger partial charge is 0.236 e. The van der Waals surface area contributed by atoms with Crippen molar-refractivity contribution in [2.45, 2.75) is 4.90 Å². The predicted octanol–water partition coefficient (Wildman–Crippen LogP) is 4.53. The van der Waals surface area contributed by atoms with Gasteiger partial charge in [-0.2, -0.15) is 0 Å². The topological polar surface area (TPSA) is 47.0 Å². The number of nitrogens with zero attached hydrogens (tertiary/aromatic N) is 1. The third-order valence-corrected chi connectivity index (χ3v) is 5.45. The predicted molar refractivity (Wildman–Crippen MR) is 91.1 cm³/mol. The Morgan fingerprint density at radius 1 is 0.955 bits per heavy atom. The van der Waals surface area contributed by atoms with Crippen LogP contribution in [0.1, 0.15) is 0 Å². The first kappa shape index (κ1) is 15.2. The molecule has 0 saturated heterocycles. The molecule has 0 aliphatic rings. The van der Waals surface area contributed by atoms with Crippen molar-refractivity contribution in [3.63, 3.8) is 0 Å². The monoisotopic (exact) mass is 349 g/mol. The normalized spacial score (nSPS) is 11.5. The van der Waals surface area contributed by atoms with Gasteiger partial charge in [0.15, 0.2) is 9.84 Å². The Morgan fingerprint density at radius 2 is 1.55 bits per heavy atom. The number of hydrogen-bond donors (Lipinski definition) is 0. The van der Waals surface area contributed by atoms with Crippen molar-refractivity contribution in [2.24, 2.45) is 0 Å². The Kier molecular flexibility index (Phi) is 4.04. The summed E-state index contributed by atoms with van der Waals surface area (Å²) < 4.78 is 22.9. The maximum absolute atomic E-state index is 11.5. The summed E-state index contributed by atoms with van der Waals surface area (Å²) in [5.41, 5.74) is 2.73. The summed E-state index contributed by atoms with van der Waals surface area (Å²) in [6.45, 7) is 0. The van der Waals surface area contributed by atoms with E-state index in [9.17, 15) is 8.42 Å². The minimum Gasteiger partial charge on any atom is -0.236 e. The van der Waals surface area contributed by atoms with Crippen LogP contribution in [0.5, 0.6) is 0 Å². The average Bonchev–Trinajstić information content (AvgIpc) is 2.97. The molecule has 0 saturated carbocycles. The van der Waals surface area contributed by atoms with Crippen LogP contribution < -0.4 is 0 Å². The Morgan fingerprint density at radius 3 is 2.14 bits per heavy atom. The molecule has 6 heteroatoms. The molecule has 3 aromatic rings. The van der Waals surface area contributed by atoms with Gasteiger partial charge in [0.2, 0.25) is 0 Å². The van der Waals surface area contributed by atoms with E-state index < -0.39 is 9.84 Å². The molecular weight excluding hydrogens is 338 g/mol. The molecule has 3 rings (SSSR count). The van der Waals surface area contributed by atoms with Gasteiger partial charge in [-0.05, 0) is 24.3 Å². The number of thiazole rings is 1. The second-order valence-corrected chi connectivity index (χ2v) is 8.15. The molecule has 0 unspecified atom stereocenters. The molecule has 22 heavy (non-hydrogen) atoms. The summed E-state index contributed by atoms with van der Waals surface area (Å²) in [4.78, 5) is 4.91. The molecule has 112 valence electrons. The number of halogens is 1. The highest BCUT2D eigenvalue weighted by Crippen LogP contribution is 2.30. The molecule has 1 heterocycles. The number of sulfone groups is 1. The molecule has 0 aliphatic carbocycles. The first-order chi connectivity index (χ1) is 10.4. The van der Waals surface area contributed by atoms with Crippen molar-refractivity contribution >= 4 is 32.8 Å². The Balaban J connectivity index is 1.92. The van der Waals surface area contributed by atoms with Crippen LogP contribution in [0.25, 0.3) is 21.8 Å². The first-order valence-corrected chi connectivity index (χ1v) is 9.60. The molecule has 0 atom stereocenters. The molecular formula is C16H12ClNO2S2. The van der Waals surface area contributed by atoms with Gasteiger partial charge in [0.1, 0.15) is 5.01 Å². The Hall–Kier alpha value is -1.69. The highest BCUT2D eigenvalue weighted by molar-refractivity contribution is 7.90. The summed E-state index contributed by atoms with van der Waals surface area (Å²) in [7, 11) is -3.17. The highest BCUT2D eigenvalue weighted by Gasteiger charge is 2.09. The lowest BCUT2D eigenvalue weighted by Crippen LogP contribution is -1.96. The lowest BCUT2D eigenvalue weighted by Gasteiger charge is -2.00. The molecule has 0 aliphatic heterocycles. The van der Waals surface area contributed by atoms with Gasteiger partial charge in [-0.3, -0.25) is 0 Å². The van der Waals surface area contributed by atoms with Crippen LogP contribution in [0, 0.1) is 0 Å². The highest BCUT2D eigenvalue weighted by atomic mass is 35.5. The zero-order valence-corrected chi connectivity index (χ0v) is 14.0. The lowest BCUT2D eigenvalue weighted by atomic mass is 10.2. The summed E-state index contributed by atoms with van der Waals surface area (Å²) >= 11 is 7.43. The van der Waals surface area contributed by atoms with Crippen molar-refractivity contribution < 1.29 is 8.42 Å². The number of benzene rings is 2. The van der Waals surface area contributed by atoms with Gasteiger partial charge in [0.25, 0.3) is 0 Å². The van der Waals surface area contributed by atoms with E-state index in [1.165, 1.54) is 6.26 Å². The van der Waals surface area contributed by atoms with Crippen molar-refractivity contribution in [1.29, 1.82) is 0 Å². The summed E-state index contributed by atoms with van der Waals surface area (Å²) in [5.74, 6) is 0. The Bertz CT molecular complexity index is 898. The fraction of sp³-hybridized carbons (Fsp3) is 0.0625. The van der Waals surface area contributed by atoms with Crippen molar-refractivity contribution in [1.82, 2.24) is 4.98 Å². The van der Waals surface area contributed by atoms with Gasteiger partial charge in [0.05, 0.1) is 10.6 Å². The molecule has 3 nitrogen and oxygen atoms in total. The molecule has 0 fully saturated rings. The fourth-order valence-corrected chi connectivity index (χ4v) is 3.60. The number of hydrogen-bond acceptors (Lipinski definition) is 4. The van der Waals surface area contributed by atoms with Crippen LogP contribution >= 0.6 is 22.9 Å². The van der Waals surface area contributed by atoms with Crippen molar-refractivity contribution in [2.75, 3.05) is 6.26 Å². The second kappa shape index (κ2) is 5.83. The van der Waals surface area contributed by atoms with E-state index in [2.05, 4.69) is 4.98 Å². The minimum absolute atomic E-state index is 0.310. The van der Waals surface area contributed by atoms with Crippen LogP contribution in [0.15, 0.2) is 58.8 Å². The van der Waals surface area contributed by atoms with Crippen LogP contribution in [0.2, 0.25) is 5.02 Å². The molecule has 0 bridgehead atoms. The molecule has 2 aromatic carbocycles. The third kappa shape index (κ3) is 3.21. The molecule has 1 aromatic heterocycles. The first-order valence-electron chi connectivity index (χ1n) is 6.45. The fourth-order valence-electron chi connectivity index (χ4n) is 2.00. The van der Waals surface area contributed by atoms with Crippen LogP contribution in [-0.2, 0) is 9.84 Å². The van der Waals surface area contributed by atoms with E-state index in [1.54, 1.807) is 35.6 Å². The van der Waals surface area contributed by atoms with Crippen LogP contribution in [0.4, 0.5) is 0 Å². The van der Waals surface area contributed by atoms with Crippen molar-refractivity contribution in [3.8, 4) is 21.8 Å². The molecule has 0 radical (unpaired) electrons. The number of aromatic nitrogens is 1. The zero-order chi connectivity index (χ0) is 15.7. The second-order valence-electron chi connectivity index (χ2n) is 4.84. The quantitative estimate of drug-likeness (QED) is 0.697. The van der Waals surface area contributed by atoms with Gasteiger partial charge >= 0.3 is 0 Å². The Labute approximate surface area is 138 Å². The molecule has 0 spiro atoms. The molecule has 0 N–H and O–H groups in total. The lowest BCUT2D eigenvalue weighted by molar-refractivity contribution is 0.602. The van der Waals surface area contributed by atoms with Crippen LogP contribution in [-0.4, -0.2) is 19.7 Å². The minimum atomic E-state index is -3.17. The van der Waals surface area contributed by atoms with Gasteiger partial charge in [0, 0.05) is 27.8 Å². The van der Waals surface area contributed by atoms with E-state index in [-0.39, 0.29) is 0 Å². The van der Waals surface area contributed by atoms with Gasteiger partial charge in [-0.1, -0.05) is 35.9 Å². The van der Waals surface area contributed by atoms with Gasteiger partial charge in [-0.25, -0.2) is 13.4 Å². The molecule has 0 amide bonds. The third-order valence-electron chi connectivity index (χ3n) is 3.17. The van der Waals surface area contributed by atoms with E-state index in [0.29, 0.717) is 9.92 Å². The average molecular weight is 350 g/mol. The smallest absolute Gasteiger partial charge is 0.175 e. The summed E-state index contributed by atoms with van der Waals surface area (Å²) in [5, 5.41) is 3.55.